The minimum atomic E-state index is -4.36. The van der Waals surface area contributed by atoms with Crippen molar-refractivity contribution in [3.05, 3.63) is 29.8 Å². The normalized spacial score (nSPS) is 18.5. The number of nitrogens with one attached hydrogen (secondary N) is 2. The molecule has 1 aromatic rings. The third-order valence-electron chi connectivity index (χ3n) is 3.14. The Hall–Kier alpha value is -1.76. The quantitative estimate of drug-likeness (QED) is 0.874. The number of alkyl halides is 3. The van der Waals surface area contributed by atoms with Gasteiger partial charge in [-0.05, 0) is 37.1 Å². The molecular weight excluding hydrogens is 285 g/mol. The predicted molar refractivity (Wildman–Crippen MR) is 70.9 cm³/mol. The van der Waals surface area contributed by atoms with Crippen molar-refractivity contribution in [3.63, 3.8) is 0 Å². The van der Waals surface area contributed by atoms with E-state index in [-0.39, 0.29) is 24.2 Å². The molecule has 2 N–H and O–H groups in total. The van der Waals surface area contributed by atoms with E-state index >= 15 is 0 Å². The molecule has 4 nitrogen and oxygen atoms in total. The highest BCUT2D eigenvalue weighted by atomic mass is 19.4. The maximum absolute atomic E-state index is 12.1. The molecule has 1 unspecified atom stereocenters. The van der Waals surface area contributed by atoms with Crippen LogP contribution in [-0.4, -0.2) is 31.3 Å². The molecular formula is C14H17F3N2O2. The fourth-order valence-corrected chi connectivity index (χ4v) is 2.13. The van der Waals surface area contributed by atoms with Crippen LogP contribution in [0.2, 0.25) is 0 Å². The van der Waals surface area contributed by atoms with E-state index < -0.39 is 12.8 Å². The monoisotopic (exact) mass is 302 g/mol. The smallest absolute Gasteiger partial charge is 0.422 e. The number of hydrogen-bond acceptors (Lipinski definition) is 3. The Bertz CT molecular complexity index is 485. The second-order valence-corrected chi connectivity index (χ2v) is 4.92. The zero-order chi connectivity index (χ0) is 15.3. The minimum absolute atomic E-state index is 0.0888. The van der Waals surface area contributed by atoms with Gasteiger partial charge in [0.05, 0.1) is 6.04 Å². The van der Waals surface area contributed by atoms with Gasteiger partial charge in [-0.25, -0.2) is 0 Å². The highest BCUT2D eigenvalue weighted by molar-refractivity contribution is 5.81. The third kappa shape index (κ3) is 5.26. The standard InChI is InChI=1S/C14H17F3N2O2/c15-14(16,17)9-21-11-4-1-3-10(7-11)8-19-13(20)12-5-2-6-18-12/h1,3-4,7,12,18H,2,5-6,8-9H2,(H,19,20). The van der Waals surface area contributed by atoms with E-state index in [1.165, 1.54) is 12.1 Å². The molecule has 21 heavy (non-hydrogen) atoms. The molecule has 0 radical (unpaired) electrons. The summed E-state index contributed by atoms with van der Waals surface area (Å²) in [5.74, 6) is 0.0483. The van der Waals surface area contributed by atoms with Crippen LogP contribution < -0.4 is 15.4 Å². The summed E-state index contributed by atoms with van der Waals surface area (Å²) in [6.45, 7) is -0.228. The average Bonchev–Trinajstić information content (AvgIpc) is 2.96. The third-order valence-corrected chi connectivity index (χ3v) is 3.14. The van der Waals surface area contributed by atoms with E-state index in [0.29, 0.717) is 5.56 Å². The Labute approximate surface area is 120 Å². The summed E-state index contributed by atoms with van der Waals surface area (Å²) >= 11 is 0. The first kappa shape index (κ1) is 15.6. The van der Waals surface area contributed by atoms with Gasteiger partial charge in [-0.3, -0.25) is 4.79 Å². The molecule has 1 saturated heterocycles. The van der Waals surface area contributed by atoms with Gasteiger partial charge in [0.1, 0.15) is 5.75 Å². The van der Waals surface area contributed by atoms with E-state index in [1.807, 2.05) is 0 Å². The number of halogens is 3. The van der Waals surface area contributed by atoms with Crippen LogP contribution in [0.4, 0.5) is 13.2 Å². The number of benzene rings is 1. The lowest BCUT2D eigenvalue weighted by atomic mass is 10.2. The Balaban J connectivity index is 1.84. The first-order valence-electron chi connectivity index (χ1n) is 6.74. The molecule has 1 aliphatic rings. The summed E-state index contributed by atoms with van der Waals surface area (Å²) in [7, 11) is 0. The van der Waals surface area contributed by atoms with Crippen molar-refractivity contribution in [2.75, 3.05) is 13.2 Å². The number of hydrogen-bond donors (Lipinski definition) is 2. The number of amides is 1. The van der Waals surface area contributed by atoms with Crippen LogP contribution in [0.3, 0.4) is 0 Å². The molecule has 1 heterocycles. The van der Waals surface area contributed by atoms with Crippen molar-refractivity contribution in [1.82, 2.24) is 10.6 Å². The van der Waals surface area contributed by atoms with E-state index in [0.717, 1.165) is 19.4 Å². The van der Waals surface area contributed by atoms with Crippen LogP contribution in [0.15, 0.2) is 24.3 Å². The van der Waals surface area contributed by atoms with Crippen LogP contribution in [0.25, 0.3) is 0 Å². The maximum atomic E-state index is 12.1. The lowest BCUT2D eigenvalue weighted by Gasteiger charge is -2.12. The molecule has 0 saturated carbocycles. The zero-order valence-electron chi connectivity index (χ0n) is 11.4. The van der Waals surface area contributed by atoms with Gasteiger partial charge in [0.15, 0.2) is 6.61 Å². The van der Waals surface area contributed by atoms with Crippen LogP contribution >= 0.6 is 0 Å². The molecule has 116 valence electrons. The van der Waals surface area contributed by atoms with E-state index in [4.69, 9.17) is 0 Å². The number of ether oxygens (including phenoxy) is 1. The SMILES string of the molecule is O=C(NCc1cccc(OCC(F)(F)F)c1)C1CCCN1. The molecule has 2 rings (SSSR count). The van der Waals surface area contributed by atoms with Crippen molar-refractivity contribution in [1.29, 1.82) is 0 Å². The summed E-state index contributed by atoms with van der Waals surface area (Å²) in [5, 5.41) is 5.84. The molecule has 0 spiro atoms. The van der Waals surface area contributed by atoms with Crippen LogP contribution in [-0.2, 0) is 11.3 Å². The molecule has 1 amide bonds. The Morgan fingerprint density at radius 1 is 1.43 bits per heavy atom. The molecule has 1 fully saturated rings. The van der Waals surface area contributed by atoms with Gasteiger partial charge in [0.25, 0.3) is 0 Å². The van der Waals surface area contributed by atoms with Gasteiger partial charge in [0.2, 0.25) is 5.91 Å². The van der Waals surface area contributed by atoms with E-state index in [2.05, 4.69) is 15.4 Å². The minimum Gasteiger partial charge on any atom is -0.484 e. The highest BCUT2D eigenvalue weighted by Gasteiger charge is 2.28. The van der Waals surface area contributed by atoms with Crippen molar-refractivity contribution in [3.8, 4) is 5.75 Å². The van der Waals surface area contributed by atoms with Crippen LogP contribution in [0.5, 0.6) is 5.75 Å². The van der Waals surface area contributed by atoms with E-state index in [1.54, 1.807) is 12.1 Å². The molecule has 1 aromatic carbocycles. The summed E-state index contributed by atoms with van der Waals surface area (Å²) < 4.78 is 40.9. The molecule has 1 atom stereocenters. The maximum Gasteiger partial charge on any atom is 0.422 e. The van der Waals surface area contributed by atoms with Crippen molar-refractivity contribution in [2.45, 2.75) is 31.6 Å². The van der Waals surface area contributed by atoms with Crippen LogP contribution in [0.1, 0.15) is 18.4 Å². The Morgan fingerprint density at radius 2 is 2.24 bits per heavy atom. The van der Waals surface area contributed by atoms with E-state index in [9.17, 15) is 18.0 Å². The lowest BCUT2D eigenvalue weighted by Crippen LogP contribution is -2.39. The van der Waals surface area contributed by atoms with Gasteiger partial charge in [-0.1, -0.05) is 12.1 Å². The number of carbonyl (C=O) groups is 1. The second kappa shape index (κ2) is 6.80. The van der Waals surface area contributed by atoms with Crippen LogP contribution in [0, 0.1) is 0 Å². The summed E-state index contributed by atoms with van der Waals surface area (Å²) in [5.41, 5.74) is 0.695. The molecule has 7 heteroatoms. The number of rotatable bonds is 5. The average molecular weight is 302 g/mol. The second-order valence-electron chi connectivity index (χ2n) is 4.92. The first-order chi connectivity index (χ1) is 9.94. The fourth-order valence-electron chi connectivity index (χ4n) is 2.13. The van der Waals surface area contributed by atoms with Crippen molar-refractivity contribution >= 4 is 5.91 Å². The topological polar surface area (TPSA) is 50.4 Å². The molecule has 0 aliphatic carbocycles. The summed E-state index contributed by atoms with van der Waals surface area (Å²) in [4.78, 5) is 11.8. The summed E-state index contributed by atoms with van der Waals surface area (Å²) in [6, 6.07) is 6.10. The highest BCUT2D eigenvalue weighted by Crippen LogP contribution is 2.19. The predicted octanol–water partition coefficient (Wildman–Crippen LogP) is 2.00. The Kier molecular flexibility index (Phi) is 5.06. The van der Waals surface area contributed by atoms with Crippen molar-refractivity contribution < 1.29 is 22.7 Å². The Morgan fingerprint density at radius 3 is 2.90 bits per heavy atom. The van der Waals surface area contributed by atoms with Gasteiger partial charge in [-0.15, -0.1) is 0 Å². The first-order valence-corrected chi connectivity index (χ1v) is 6.74. The molecule has 0 bridgehead atoms. The number of carbonyl (C=O) groups excluding carboxylic acids is 1. The van der Waals surface area contributed by atoms with Gasteiger partial charge in [-0.2, -0.15) is 13.2 Å². The molecule has 0 aromatic heterocycles. The van der Waals surface area contributed by atoms with Gasteiger partial charge >= 0.3 is 6.18 Å². The zero-order valence-corrected chi connectivity index (χ0v) is 11.4. The van der Waals surface area contributed by atoms with Gasteiger partial charge in [0, 0.05) is 6.54 Å². The molecule has 1 aliphatic heterocycles. The lowest BCUT2D eigenvalue weighted by molar-refractivity contribution is -0.153. The largest absolute Gasteiger partial charge is 0.484 e. The fraction of sp³-hybridized carbons (Fsp3) is 0.500. The van der Waals surface area contributed by atoms with Gasteiger partial charge < -0.3 is 15.4 Å². The summed E-state index contributed by atoms with van der Waals surface area (Å²) in [6.07, 6.45) is -2.59. The van der Waals surface area contributed by atoms with Crippen molar-refractivity contribution in [2.24, 2.45) is 0 Å².